The number of methoxy groups -OCH3 is 2. The number of aldehydes is 1. The number of hydrogen-bond acceptors (Lipinski definition) is 5. The van der Waals surface area contributed by atoms with Crippen molar-refractivity contribution in [3.05, 3.63) is 0 Å². The van der Waals surface area contributed by atoms with Crippen molar-refractivity contribution >= 4 is 6.29 Å². The summed E-state index contributed by atoms with van der Waals surface area (Å²) in [5, 5.41) is 9.36. The van der Waals surface area contributed by atoms with Gasteiger partial charge in [0.25, 0.3) is 0 Å². The Hall–Kier alpha value is -0.490. The van der Waals surface area contributed by atoms with E-state index in [0.29, 0.717) is 12.9 Å². The van der Waals surface area contributed by atoms with Crippen LogP contribution in [-0.2, 0) is 19.0 Å². The van der Waals surface area contributed by atoms with Crippen LogP contribution in [0.15, 0.2) is 0 Å². The molecule has 0 saturated carbocycles. The lowest BCUT2D eigenvalue weighted by Gasteiger charge is -2.41. The monoisotopic (exact) mass is 220 g/mol. The Labute approximate surface area is 90.3 Å². The van der Waals surface area contributed by atoms with Crippen LogP contribution in [0.4, 0.5) is 0 Å². The van der Waals surface area contributed by atoms with Crippen molar-refractivity contribution < 1.29 is 24.1 Å². The van der Waals surface area contributed by atoms with E-state index in [0.717, 1.165) is 0 Å². The number of hydrogen-bond donors (Lipinski definition) is 1. The molecule has 0 saturated heterocycles. The Morgan fingerprint density at radius 3 is 2.20 bits per heavy atom. The molecule has 2 atom stereocenters. The summed E-state index contributed by atoms with van der Waals surface area (Å²) in [6.07, 6.45) is 0.617. The maximum atomic E-state index is 11.0. The largest absolute Gasteiger partial charge is 0.393 e. The van der Waals surface area contributed by atoms with Gasteiger partial charge >= 0.3 is 0 Å². The van der Waals surface area contributed by atoms with Crippen molar-refractivity contribution in [1.82, 2.24) is 0 Å². The molecule has 15 heavy (non-hydrogen) atoms. The fourth-order valence-corrected chi connectivity index (χ4v) is 1.28. The minimum absolute atomic E-state index is 0.0968. The van der Waals surface area contributed by atoms with Gasteiger partial charge in [0.1, 0.15) is 5.60 Å². The highest BCUT2D eigenvalue weighted by atomic mass is 16.6. The summed E-state index contributed by atoms with van der Waals surface area (Å²) in [5.41, 5.74) is -2.40. The Morgan fingerprint density at radius 1 is 1.33 bits per heavy atom. The van der Waals surface area contributed by atoms with Crippen LogP contribution >= 0.6 is 0 Å². The van der Waals surface area contributed by atoms with Gasteiger partial charge in [-0.3, -0.25) is 0 Å². The average molecular weight is 220 g/mol. The van der Waals surface area contributed by atoms with E-state index in [1.54, 1.807) is 6.92 Å². The summed E-state index contributed by atoms with van der Waals surface area (Å²) in [4.78, 5) is 11.0. The summed E-state index contributed by atoms with van der Waals surface area (Å²) >= 11 is 0. The quantitative estimate of drug-likeness (QED) is 0.583. The van der Waals surface area contributed by atoms with Gasteiger partial charge in [-0.25, -0.2) is 0 Å². The van der Waals surface area contributed by atoms with Crippen LogP contribution in [0.5, 0.6) is 0 Å². The van der Waals surface area contributed by atoms with E-state index in [4.69, 9.17) is 14.2 Å². The third kappa shape index (κ3) is 2.75. The van der Waals surface area contributed by atoms with Crippen molar-refractivity contribution in [3.63, 3.8) is 0 Å². The van der Waals surface area contributed by atoms with Crippen LogP contribution in [0.25, 0.3) is 0 Å². The van der Waals surface area contributed by atoms with Crippen molar-refractivity contribution in [2.24, 2.45) is 0 Å². The Morgan fingerprint density at radius 2 is 1.93 bits per heavy atom. The van der Waals surface area contributed by atoms with Crippen LogP contribution in [-0.4, -0.2) is 56.6 Å². The Balaban J connectivity index is 4.95. The molecule has 0 aliphatic rings. The summed E-state index contributed by atoms with van der Waals surface area (Å²) < 4.78 is 15.5. The Bertz CT molecular complexity index is 190. The Kier molecular flexibility index (Phi) is 5.97. The maximum absolute atomic E-state index is 11.0. The molecular weight excluding hydrogens is 200 g/mol. The smallest absolute Gasteiger partial charge is 0.154 e. The molecule has 90 valence electrons. The van der Waals surface area contributed by atoms with E-state index >= 15 is 0 Å². The average Bonchev–Trinajstić information content (AvgIpc) is 2.30. The third-order valence-corrected chi connectivity index (χ3v) is 2.74. The van der Waals surface area contributed by atoms with Gasteiger partial charge in [-0.2, -0.15) is 0 Å². The number of carbonyl (C=O) groups is 1. The fourth-order valence-electron chi connectivity index (χ4n) is 1.28. The molecule has 0 fully saturated rings. The lowest BCUT2D eigenvalue weighted by molar-refractivity contribution is -0.208. The SMILES string of the molecule is CCOCC(CO)(OC)C(C)(C=O)OC. The van der Waals surface area contributed by atoms with E-state index in [-0.39, 0.29) is 13.2 Å². The third-order valence-electron chi connectivity index (χ3n) is 2.74. The minimum Gasteiger partial charge on any atom is -0.393 e. The number of carbonyl (C=O) groups excluding carboxylic acids is 1. The molecule has 5 heteroatoms. The standard InChI is InChI=1S/C10H20O5/c1-5-15-8-10(7-12,14-4)9(2,6-11)13-3/h6,12H,5,7-8H2,1-4H3. The zero-order valence-corrected chi connectivity index (χ0v) is 9.78. The van der Waals surface area contributed by atoms with Gasteiger partial charge < -0.3 is 24.1 Å². The lowest BCUT2D eigenvalue weighted by atomic mass is 9.86. The van der Waals surface area contributed by atoms with Crippen LogP contribution in [0.1, 0.15) is 13.8 Å². The van der Waals surface area contributed by atoms with Crippen LogP contribution in [0.2, 0.25) is 0 Å². The van der Waals surface area contributed by atoms with Crippen molar-refractivity contribution in [3.8, 4) is 0 Å². The molecule has 2 unspecified atom stereocenters. The second-order valence-corrected chi connectivity index (χ2v) is 3.42. The predicted molar refractivity (Wildman–Crippen MR) is 54.8 cm³/mol. The first-order valence-corrected chi connectivity index (χ1v) is 4.81. The van der Waals surface area contributed by atoms with E-state index in [9.17, 15) is 9.90 Å². The molecule has 0 radical (unpaired) electrons. The number of aliphatic hydroxyl groups excluding tert-OH is 1. The molecule has 0 amide bonds. The van der Waals surface area contributed by atoms with Gasteiger partial charge in [-0.15, -0.1) is 0 Å². The van der Waals surface area contributed by atoms with Gasteiger partial charge in [0.2, 0.25) is 0 Å². The predicted octanol–water partition coefficient (Wildman–Crippen LogP) is 0.00440. The van der Waals surface area contributed by atoms with Crippen LogP contribution in [0, 0.1) is 0 Å². The number of ether oxygens (including phenoxy) is 3. The molecule has 0 aliphatic carbocycles. The molecule has 0 aromatic heterocycles. The molecule has 5 nitrogen and oxygen atoms in total. The minimum atomic E-state index is -1.23. The lowest BCUT2D eigenvalue weighted by Crippen LogP contribution is -2.61. The van der Waals surface area contributed by atoms with Crippen molar-refractivity contribution in [2.75, 3.05) is 34.0 Å². The zero-order valence-electron chi connectivity index (χ0n) is 9.78. The van der Waals surface area contributed by atoms with E-state index < -0.39 is 11.2 Å². The first kappa shape index (κ1) is 14.5. The molecule has 1 N–H and O–H groups in total. The highest BCUT2D eigenvalue weighted by molar-refractivity contribution is 5.64. The number of rotatable bonds is 8. The summed E-state index contributed by atoms with van der Waals surface area (Å²) in [7, 11) is 2.81. The van der Waals surface area contributed by atoms with Crippen molar-refractivity contribution in [2.45, 2.75) is 25.0 Å². The van der Waals surface area contributed by atoms with Gasteiger partial charge in [0, 0.05) is 20.8 Å². The van der Waals surface area contributed by atoms with Gasteiger partial charge in [-0.1, -0.05) is 0 Å². The van der Waals surface area contributed by atoms with E-state index in [2.05, 4.69) is 0 Å². The fraction of sp³-hybridized carbons (Fsp3) is 0.900. The molecule has 0 spiro atoms. The molecule has 0 heterocycles. The normalized spacial score (nSPS) is 19.3. The topological polar surface area (TPSA) is 65.0 Å². The van der Waals surface area contributed by atoms with Gasteiger partial charge in [-0.05, 0) is 13.8 Å². The van der Waals surface area contributed by atoms with Gasteiger partial charge in [0.05, 0.1) is 13.2 Å². The second kappa shape index (κ2) is 6.17. The summed E-state index contributed by atoms with van der Waals surface area (Å²) in [6, 6.07) is 0. The highest BCUT2D eigenvalue weighted by Crippen LogP contribution is 2.27. The van der Waals surface area contributed by atoms with Gasteiger partial charge in [0.15, 0.2) is 11.9 Å². The van der Waals surface area contributed by atoms with Crippen LogP contribution in [0.3, 0.4) is 0 Å². The number of aliphatic hydroxyl groups is 1. The molecule has 0 bridgehead atoms. The highest BCUT2D eigenvalue weighted by Gasteiger charge is 2.49. The summed E-state index contributed by atoms with van der Waals surface area (Å²) in [5.74, 6) is 0. The molecule has 0 aliphatic heterocycles. The molecular formula is C10H20O5. The van der Waals surface area contributed by atoms with E-state index in [1.165, 1.54) is 14.2 Å². The van der Waals surface area contributed by atoms with E-state index in [1.807, 2.05) is 6.92 Å². The first-order chi connectivity index (χ1) is 7.05. The van der Waals surface area contributed by atoms with Crippen molar-refractivity contribution in [1.29, 1.82) is 0 Å². The second-order valence-electron chi connectivity index (χ2n) is 3.42. The zero-order chi connectivity index (χ0) is 11.9. The molecule has 0 rings (SSSR count). The van der Waals surface area contributed by atoms with Crippen LogP contribution < -0.4 is 0 Å². The maximum Gasteiger partial charge on any atom is 0.154 e. The summed E-state index contributed by atoms with van der Waals surface area (Å²) in [6.45, 7) is 3.59. The molecule has 0 aromatic carbocycles. The first-order valence-electron chi connectivity index (χ1n) is 4.81. The molecule has 0 aromatic rings.